The number of hydrogen-bond acceptors (Lipinski definition) is 6. The minimum absolute atomic E-state index is 0.128. The molecule has 1 unspecified atom stereocenters. The molecule has 1 fully saturated rings. The number of aromatic nitrogens is 2. The van der Waals surface area contributed by atoms with Gasteiger partial charge in [0.05, 0.1) is 16.7 Å². The van der Waals surface area contributed by atoms with Crippen LogP contribution < -0.4 is 32.5 Å². The molecule has 1 aromatic heterocycles. The van der Waals surface area contributed by atoms with Gasteiger partial charge in [-0.05, 0) is 78.8 Å². The first-order valence-corrected chi connectivity index (χ1v) is 12.8. The van der Waals surface area contributed by atoms with E-state index in [1.807, 2.05) is 22.6 Å². The Bertz CT molecular complexity index is 1690. The average Bonchev–Trinajstić information content (AvgIpc) is 3.67. The fraction of sp³-hybridized carbons (Fsp3) is 0.269. The van der Waals surface area contributed by atoms with E-state index in [-0.39, 0.29) is 34.0 Å². The van der Waals surface area contributed by atoms with Crippen molar-refractivity contribution in [3.63, 3.8) is 0 Å². The minimum Gasteiger partial charge on any atom is -0.369 e. The van der Waals surface area contributed by atoms with Crippen molar-refractivity contribution in [2.45, 2.75) is 39.0 Å². The van der Waals surface area contributed by atoms with Gasteiger partial charge in [-0.3, -0.25) is 18.7 Å². The highest BCUT2D eigenvalue weighted by molar-refractivity contribution is 14.1. The molecule has 0 radical (unpaired) electrons. The zero-order valence-corrected chi connectivity index (χ0v) is 22.5. The van der Waals surface area contributed by atoms with Gasteiger partial charge >= 0.3 is 5.69 Å². The van der Waals surface area contributed by atoms with Crippen LogP contribution >= 0.6 is 22.6 Å². The summed E-state index contributed by atoms with van der Waals surface area (Å²) in [6.07, 6.45) is 0.188. The van der Waals surface area contributed by atoms with E-state index < -0.39 is 23.3 Å². The van der Waals surface area contributed by atoms with Gasteiger partial charge in [-0.25, -0.2) is 9.18 Å². The van der Waals surface area contributed by atoms with Gasteiger partial charge in [0.1, 0.15) is 16.9 Å². The molecule has 0 spiro atoms. The molecule has 0 bridgehead atoms. The lowest BCUT2D eigenvalue weighted by atomic mass is 10.1. The number of rotatable bonds is 5. The summed E-state index contributed by atoms with van der Waals surface area (Å²) in [6.45, 7) is 3.03. The lowest BCUT2D eigenvalue weighted by Gasteiger charge is -2.33. The number of hydrogen-bond donors (Lipinski definition) is 3. The molecule has 192 valence electrons. The third kappa shape index (κ3) is 4.46. The van der Waals surface area contributed by atoms with Crippen LogP contribution in [0.5, 0.6) is 0 Å². The SMILES string of the molecule is CC(=O)Nc1cccc(-n2c3c(c(=O)n(C4CC4)c2=O)=C(Nc2ccc(I)cc2F)N(C)C(O)C=3C)c1. The van der Waals surface area contributed by atoms with Crippen molar-refractivity contribution in [1.29, 1.82) is 0 Å². The van der Waals surface area contributed by atoms with E-state index in [0.29, 0.717) is 33.4 Å². The molecule has 0 saturated heterocycles. The predicted octanol–water partition coefficient (Wildman–Crippen LogP) is 1.65. The molecule has 1 aliphatic heterocycles. The van der Waals surface area contributed by atoms with Gasteiger partial charge < -0.3 is 20.6 Å². The van der Waals surface area contributed by atoms with E-state index in [0.717, 1.165) is 0 Å². The van der Waals surface area contributed by atoms with Crippen molar-refractivity contribution < 1.29 is 14.3 Å². The van der Waals surface area contributed by atoms with Crippen LogP contribution in [-0.2, 0) is 4.79 Å². The second-order valence-corrected chi connectivity index (χ2v) is 10.5. The Kier molecular flexibility index (Phi) is 6.44. The smallest absolute Gasteiger partial charge is 0.336 e. The van der Waals surface area contributed by atoms with Crippen LogP contribution in [0.25, 0.3) is 17.1 Å². The Morgan fingerprint density at radius 2 is 1.89 bits per heavy atom. The minimum atomic E-state index is -1.19. The number of carbonyl (C=O) groups is 1. The summed E-state index contributed by atoms with van der Waals surface area (Å²) in [5.74, 6) is -0.609. The quantitative estimate of drug-likeness (QED) is 0.376. The summed E-state index contributed by atoms with van der Waals surface area (Å²) < 4.78 is 18.1. The van der Waals surface area contributed by atoms with E-state index in [9.17, 15) is 23.9 Å². The number of amides is 1. The van der Waals surface area contributed by atoms with Crippen molar-refractivity contribution in [3.8, 4) is 5.69 Å². The summed E-state index contributed by atoms with van der Waals surface area (Å²) in [6, 6.07) is 11.1. The van der Waals surface area contributed by atoms with E-state index in [1.54, 1.807) is 50.4 Å². The number of aliphatic hydroxyl groups excluding tert-OH is 1. The van der Waals surface area contributed by atoms with Crippen LogP contribution in [0.1, 0.15) is 32.7 Å². The average molecular weight is 617 g/mol. The Hall–Kier alpha value is -3.45. The summed E-state index contributed by atoms with van der Waals surface area (Å²) in [5, 5.41) is 17.2. The van der Waals surface area contributed by atoms with Gasteiger partial charge in [0.25, 0.3) is 5.56 Å². The van der Waals surface area contributed by atoms with Gasteiger partial charge in [0, 0.05) is 34.8 Å². The second-order valence-electron chi connectivity index (χ2n) is 9.24. The number of carbonyl (C=O) groups excluding carboxylic acids is 1. The maximum atomic E-state index is 14.8. The van der Waals surface area contributed by atoms with Crippen LogP contribution in [0.3, 0.4) is 0 Å². The highest BCUT2D eigenvalue weighted by atomic mass is 127. The molecule has 1 amide bonds. The van der Waals surface area contributed by atoms with Gasteiger partial charge in [0.15, 0.2) is 6.23 Å². The van der Waals surface area contributed by atoms with Crippen molar-refractivity contribution in [3.05, 3.63) is 83.3 Å². The van der Waals surface area contributed by atoms with Crippen molar-refractivity contribution >= 4 is 51.3 Å². The van der Waals surface area contributed by atoms with Gasteiger partial charge in [-0.15, -0.1) is 0 Å². The molecule has 37 heavy (non-hydrogen) atoms. The Morgan fingerprint density at radius 1 is 1.16 bits per heavy atom. The number of anilines is 2. The summed E-state index contributed by atoms with van der Waals surface area (Å²) >= 11 is 2.01. The summed E-state index contributed by atoms with van der Waals surface area (Å²) in [5.41, 5.74) is 0.350. The highest BCUT2D eigenvalue weighted by Gasteiger charge is 2.33. The lowest BCUT2D eigenvalue weighted by Crippen LogP contribution is -2.64. The number of nitrogens with one attached hydrogen (secondary N) is 2. The molecule has 1 atom stereocenters. The van der Waals surface area contributed by atoms with Crippen molar-refractivity contribution in [1.82, 2.24) is 14.0 Å². The molecule has 11 heteroatoms. The molecular weight excluding hydrogens is 592 g/mol. The molecule has 3 N–H and O–H groups in total. The fourth-order valence-corrected chi connectivity index (χ4v) is 5.06. The Balaban J connectivity index is 1.90. The Morgan fingerprint density at radius 3 is 2.54 bits per heavy atom. The van der Waals surface area contributed by atoms with Crippen LogP contribution in [0.2, 0.25) is 0 Å². The molecule has 9 nitrogen and oxygen atoms in total. The van der Waals surface area contributed by atoms with Crippen LogP contribution in [0, 0.1) is 9.39 Å². The maximum Gasteiger partial charge on any atom is 0.336 e. The first-order chi connectivity index (χ1) is 17.6. The molecule has 3 aromatic rings. The molecule has 2 heterocycles. The van der Waals surface area contributed by atoms with E-state index in [1.165, 1.54) is 27.0 Å². The lowest BCUT2D eigenvalue weighted by molar-refractivity contribution is -0.114. The second kappa shape index (κ2) is 9.45. The number of halogens is 2. The van der Waals surface area contributed by atoms with Crippen LogP contribution in [0.4, 0.5) is 15.8 Å². The molecule has 2 aliphatic rings. The monoisotopic (exact) mass is 617 g/mol. The third-order valence-electron chi connectivity index (χ3n) is 6.53. The van der Waals surface area contributed by atoms with Crippen LogP contribution in [-0.4, -0.2) is 38.3 Å². The first-order valence-electron chi connectivity index (χ1n) is 11.7. The first kappa shape index (κ1) is 25.2. The molecule has 5 rings (SSSR count). The highest BCUT2D eigenvalue weighted by Crippen LogP contribution is 2.32. The molecular formula is C26H25FIN5O4. The van der Waals surface area contributed by atoms with Crippen molar-refractivity contribution in [2.75, 3.05) is 17.7 Å². The van der Waals surface area contributed by atoms with Gasteiger partial charge in [-0.1, -0.05) is 6.07 Å². The standard InChI is InChI=1S/C26H25FIN5O4/c1-13-22-21(23(31(3)24(13)35)30-20-10-7-15(28)11-19(20)27)25(36)33(17-8-9-17)26(37)32(22)18-6-4-5-16(12-18)29-14(2)34/h4-7,10-12,17,24,30,35H,8-9H2,1-3H3,(H,29,34). The van der Waals surface area contributed by atoms with Crippen LogP contribution in [0.15, 0.2) is 52.1 Å². The number of nitrogens with zero attached hydrogens (tertiary/aromatic N) is 3. The number of fused-ring (bicyclic) bond motifs is 1. The Labute approximate surface area is 224 Å². The normalized spacial score (nSPS) is 17.0. The topological polar surface area (TPSA) is 109 Å². The van der Waals surface area contributed by atoms with Crippen molar-refractivity contribution in [2.24, 2.45) is 0 Å². The molecule has 1 aliphatic carbocycles. The molecule has 2 aromatic carbocycles. The predicted molar refractivity (Wildman–Crippen MR) is 147 cm³/mol. The summed E-state index contributed by atoms with van der Waals surface area (Å²) in [4.78, 5) is 40.8. The van der Waals surface area contributed by atoms with Gasteiger partial charge in [-0.2, -0.15) is 0 Å². The third-order valence-corrected chi connectivity index (χ3v) is 7.20. The number of benzene rings is 2. The van der Waals surface area contributed by atoms with E-state index in [2.05, 4.69) is 10.6 Å². The number of aliphatic hydroxyl groups is 1. The molecule has 1 saturated carbocycles. The summed E-state index contributed by atoms with van der Waals surface area (Å²) in [7, 11) is 1.60. The fourth-order valence-electron chi connectivity index (χ4n) is 4.61. The largest absolute Gasteiger partial charge is 0.369 e. The zero-order valence-electron chi connectivity index (χ0n) is 20.4. The van der Waals surface area contributed by atoms with E-state index in [4.69, 9.17) is 0 Å². The zero-order chi connectivity index (χ0) is 26.6. The maximum absolute atomic E-state index is 14.8. The van der Waals surface area contributed by atoms with Gasteiger partial charge in [0.2, 0.25) is 5.91 Å². The van der Waals surface area contributed by atoms with E-state index >= 15 is 0 Å².